The van der Waals surface area contributed by atoms with Crippen molar-refractivity contribution < 1.29 is 9.90 Å². The quantitative estimate of drug-likeness (QED) is 0.578. The molecule has 1 rings (SSSR count). The molecule has 0 radical (unpaired) electrons. The Hall–Kier alpha value is -3.02. The number of allylic oxidation sites excluding steroid dienone is 5. The molecule has 1 aliphatic heterocycles. The summed E-state index contributed by atoms with van der Waals surface area (Å²) in [6.07, 6.45) is 19.5. The molecule has 0 aromatic heterocycles. The number of hydrogen-bond acceptors (Lipinski definition) is 5. The lowest BCUT2D eigenvalue weighted by molar-refractivity contribution is -0.132. The Kier molecular flexibility index (Phi) is 7.49. The third-order valence-electron chi connectivity index (χ3n) is 1.95. The molecule has 104 valence electrons. The molecule has 0 aromatic carbocycles. The van der Waals surface area contributed by atoms with Gasteiger partial charge in [0.05, 0.1) is 0 Å². The largest absolute Gasteiger partial charge is 0.477 e. The highest BCUT2D eigenvalue weighted by atomic mass is 16.4. The number of nitrogens with zero attached hydrogens (tertiary/aromatic N) is 1. The zero-order valence-corrected chi connectivity index (χ0v) is 10.7. The number of carbonyl (C=O) groups is 1. The van der Waals surface area contributed by atoms with Gasteiger partial charge in [0, 0.05) is 43.4 Å². The Bertz CT molecular complexity index is 511. The van der Waals surface area contributed by atoms with Crippen LogP contribution in [0, 0.1) is 0 Å². The summed E-state index contributed by atoms with van der Waals surface area (Å²) in [5, 5.41) is 17.4. The molecule has 0 aromatic rings. The van der Waals surface area contributed by atoms with E-state index in [1.807, 2.05) is 0 Å². The highest BCUT2D eigenvalue weighted by Crippen LogP contribution is 1.91. The predicted octanol–water partition coefficient (Wildman–Crippen LogP) is 1.33. The van der Waals surface area contributed by atoms with Gasteiger partial charge >= 0.3 is 5.97 Å². The average Bonchev–Trinajstić information content (AvgIpc) is 2.43. The molecule has 0 unspecified atom stereocenters. The van der Waals surface area contributed by atoms with Crippen LogP contribution in [-0.4, -0.2) is 17.3 Å². The predicted molar refractivity (Wildman–Crippen MR) is 79.3 cm³/mol. The van der Waals surface area contributed by atoms with E-state index in [9.17, 15) is 4.79 Å². The van der Waals surface area contributed by atoms with Crippen LogP contribution in [0.3, 0.4) is 0 Å². The average molecular weight is 272 g/mol. The topological polar surface area (TPSA) is 85.8 Å². The van der Waals surface area contributed by atoms with Crippen LogP contribution in [0.2, 0.25) is 0 Å². The van der Waals surface area contributed by atoms with E-state index in [1.165, 1.54) is 12.3 Å². The normalized spacial score (nSPS) is 15.7. The smallest absolute Gasteiger partial charge is 0.352 e. The van der Waals surface area contributed by atoms with Gasteiger partial charge in [-0.05, 0) is 18.2 Å². The summed E-state index contributed by atoms with van der Waals surface area (Å²) in [5.74, 6) is -1.04. The first-order valence-corrected chi connectivity index (χ1v) is 5.84. The molecule has 0 bridgehead atoms. The first kappa shape index (κ1) is 15.0. The minimum Gasteiger partial charge on any atom is -0.477 e. The zero-order valence-electron chi connectivity index (χ0n) is 10.7. The maximum atomic E-state index is 10.9. The number of nitrogens with one attached hydrogen (secondary N) is 3. The molecule has 6 nitrogen and oxygen atoms in total. The molecule has 0 spiro atoms. The second-order valence-corrected chi connectivity index (χ2v) is 3.41. The van der Waals surface area contributed by atoms with Crippen LogP contribution in [0.25, 0.3) is 0 Å². The number of aliphatic carboxylic acids is 1. The molecule has 0 atom stereocenters. The minimum absolute atomic E-state index is 0.0595. The highest BCUT2D eigenvalue weighted by molar-refractivity contribution is 5.86. The van der Waals surface area contributed by atoms with Gasteiger partial charge < -0.3 is 21.1 Å². The van der Waals surface area contributed by atoms with Gasteiger partial charge in [-0.1, -0.05) is 12.2 Å². The second-order valence-electron chi connectivity index (χ2n) is 3.41. The fourth-order valence-electron chi connectivity index (χ4n) is 1.08. The minimum atomic E-state index is -1.04. The van der Waals surface area contributed by atoms with Crippen LogP contribution in [-0.2, 0) is 4.79 Å². The van der Waals surface area contributed by atoms with E-state index in [-0.39, 0.29) is 5.70 Å². The van der Waals surface area contributed by atoms with Crippen molar-refractivity contribution in [3.05, 3.63) is 73.3 Å². The molecule has 0 amide bonds. The molecule has 0 aliphatic carbocycles. The summed E-state index contributed by atoms with van der Waals surface area (Å²) in [4.78, 5) is 14.9. The molecule has 1 aliphatic rings. The summed E-state index contributed by atoms with van der Waals surface area (Å²) in [5.41, 5.74) is 0.0595. The van der Waals surface area contributed by atoms with Gasteiger partial charge in [-0.15, -0.1) is 0 Å². The molecule has 1 heterocycles. The third kappa shape index (κ3) is 7.33. The molecule has 0 saturated heterocycles. The lowest BCUT2D eigenvalue weighted by atomic mass is 10.3. The van der Waals surface area contributed by atoms with E-state index >= 15 is 0 Å². The fraction of sp³-hybridized carbons (Fsp3) is 0. The molecular formula is C14H16N4O2. The highest BCUT2D eigenvalue weighted by Gasteiger charge is 2.01. The van der Waals surface area contributed by atoms with Crippen LogP contribution < -0.4 is 16.0 Å². The summed E-state index contributed by atoms with van der Waals surface area (Å²) in [6, 6.07) is 0. The summed E-state index contributed by atoms with van der Waals surface area (Å²) >= 11 is 0. The van der Waals surface area contributed by atoms with Crippen molar-refractivity contribution in [2.75, 3.05) is 0 Å². The van der Waals surface area contributed by atoms with Crippen molar-refractivity contribution in [1.29, 1.82) is 0 Å². The van der Waals surface area contributed by atoms with E-state index in [1.54, 1.807) is 61.5 Å². The molecule has 20 heavy (non-hydrogen) atoms. The first-order valence-electron chi connectivity index (χ1n) is 5.84. The Morgan fingerprint density at radius 1 is 0.950 bits per heavy atom. The summed E-state index contributed by atoms with van der Waals surface area (Å²) in [6.45, 7) is 0. The standard InChI is InChI=1S/C14H16N4O2/c19-14(20)13-5-2-1-3-6-15-7-4-8-16-9-10-17-11-12-18-13/h1-12,16-18H,(H,19,20). The van der Waals surface area contributed by atoms with Gasteiger partial charge in [0.1, 0.15) is 5.70 Å². The summed E-state index contributed by atoms with van der Waals surface area (Å²) < 4.78 is 0. The van der Waals surface area contributed by atoms with Crippen LogP contribution >= 0.6 is 0 Å². The van der Waals surface area contributed by atoms with Crippen LogP contribution in [0.1, 0.15) is 0 Å². The summed E-state index contributed by atoms with van der Waals surface area (Å²) in [7, 11) is 0. The Balaban J connectivity index is 2.78. The van der Waals surface area contributed by atoms with Crippen molar-refractivity contribution in [3.8, 4) is 0 Å². The van der Waals surface area contributed by atoms with E-state index in [4.69, 9.17) is 5.11 Å². The maximum absolute atomic E-state index is 10.9. The van der Waals surface area contributed by atoms with E-state index < -0.39 is 5.97 Å². The fourth-order valence-corrected chi connectivity index (χ4v) is 1.08. The Morgan fingerprint density at radius 2 is 1.70 bits per heavy atom. The van der Waals surface area contributed by atoms with E-state index in [0.29, 0.717) is 0 Å². The van der Waals surface area contributed by atoms with Crippen LogP contribution in [0.5, 0.6) is 0 Å². The molecule has 0 saturated carbocycles. The van der Waals surface area contributed by atoms with Crippen molar-refractivity contribution in [2.45, 2.75) is 0 Å². The van der Waals surface area contributed by atoms with Gasteiger partial charge in [-0.3, -0.25) is 4.99 Å². The van der Waals surface area contributed by atoms with Crippen molar-refractivity contribution in [1.82, 2.24) is 16.0 Å². The lowest BCUT2D eigenvalue weighted by Crippen LogP contribution is -2.15. The number of aliphatic imine (C=N–C) groups is 1. The molecular weight excluding hydrogens is 256 g/mol. The number of hydrogen-bond donors (Lipinski definition) is 4. The van der Waals surface area contributed by atoms with Crippen molar-refractivity contribution in [3.63, 3.8) is 0 Å². The van der Waals surface area contributed by atoms with Crippen LogP contribution in [0.15, 0.2) is 78.3 Å². The van der Waals surface area contributed by atoms with Gasteiger partial charge in [-0.2, -0.15) is 0 Å². The third-order valence-corrected chi connectivity index (χ3v) is 1.95. The number of carboxylic acids is 1. The Morgan fingerprint density at radius 3 is 2.50 bits per heavy atom. The monoisotopic (exact) mass is 272 g/mol. The molecule has 6 heteroatoms. The van der Waals surface area contributed by atoms with E-state index in [2.05, 4.69) is 20.9 Å². The SMILES string of the molecule is O=C(O)C1=CC=CC=CN=CC=CNC=CNC=CN1. The second kappa shape index (κ2) is 9.95. The van der Waals surface area contributed by atoms with Gasteiger partial charge in [0.2, 0.25) is 0 Å². The van der Waals surface area contributed by atoms with Gasteiger partial charge in [0.15, 0.2) is 0 Å². The van der Waals surface area contributed by atoms with Crippen LogP contribution in [0.4, 0.5) is 0 Å². The molecule has 4 N–H and O–H groups in total. The van der Waals surface area contributed by atoms with Crippen molar-refractivity contribution >= 4 is 12.2 Å². The first-order chi connectivity index (χ1) is 9.80. The zero-order chi connectivity index (χ0) is 14.5. The lowest BCUT2D eigenvalue weighted by Gasteiger charge is -1.99. The van der Waals surface area contributed by atoms with E-state index in [0.717, 1.165) is 0 Å². The Labute approximate surface area is 117 Å². The van der Waals surface area contributed by atoms with Gasteiger partial charge in [0.25, 0.3) is 0 Å². The number of carboxylic acid groups (broad SMARTS) is 1. The maximum Gasteiger partial charge on any atom is 0.352 e. The number of rotatable bonds is 1. The molecule has 0 fully saturated rings. The van der Waals surface area contributed by atoms with Gasteiger partial charge in [-0.25, -0.2) is 4.79 Å². The van der Waals surface area contributed by atoms with Crippen molar-refractivity contribution in [2.24, 2.45) is 4.99 Å².